The molecular formula is C20H35N5O6. The molecule has 176 valence electrons. The summed E-state index contributed by atoms with van der Waals surface area (Å²) in [4.78, 5) is 62.5. The van der Waals surface area contributed by atoms with E-state index in [9.17, 15) is 29.1 Å². The molecule has 0 aliphatic carbocycles. The third-order valence-corrected chi connectivity index (χ3v) is 5.65. The summed E-state index contributed by atoms with van der Waals surface area (Å²) in [7, 11) is 0. The minimum Gasteiger partial charge on any atom is -0.480 e. The molecule has 1 fully saturated rings. The van der Waals surface area contributed by atoms with Gasteiger partial charge in [0.1, 0.15) is 18.1 Å². The number of carboxylic acid groups (broad SMARTS) is 1. The maximum Gasteiger partial charge on any atom is 0.326 e. The summed E-state index contributed by atoms with van der Waals surface area (Å²) in [5.74, 6) is -4.25. The number of amides is 4. The molecule has 31 heavy (non-hydrogen) atoms. The van der Waals surface area contributed by atoms with Crippen LogP contribution in [-0.4, -0.2) is 70.3 Å². The number of nitrogens with one attached hydrogen (secondary N) is 2. The van der Waals surface area contributed by atoms with Gasteiger partial charge in [0.2, 0.25) is 23.6 Å². The molecule has 1 aliphatic rings. The summed E-state index contributed by atoms with van der Waals surface area (Å²) in [5, 5.41) is 14.3. The van der Waals surface area contributed by atoms with E-state index >= 15 is 0 Å². The number of carboxylic acids is 1. The quantitative estimate of drug-likeness (QED) is 0.270. The molecule has 0 aromatic carbocycles. The molecule has 1 heterocycles. The number of carbonyl (C=O) groups excluding carboxylic acids is 4. The van der Waals surface area contributed by atoms with Crippen molar-refractivity contribution >= 4 is 29.6 Å². The second kappa shape index (κ2) is 11.6. The molecule has 0 saturated carbocycles. The van der Waals surface area contributed by atoms with Crippen LogP contribution < -0.4 is 22.1 Å². The number of likely N-dealkylation sites (tertiary alicyclic amines) is 1. The first-order valence-corrected chi connectivity index (χ1v) is 10.6. The number of primary amides is 1. The van der Waals surface area contributed by atoms with E-state index in [1.54, 1.807) is 20.8 Å². The molecule has 5 atom stereocenters. The Bertz CT molecular complexity index is 698. The van der Waals surface area contributed by atoms with E-state index in [1.807, 2.05) is 6.92 Å². The topological polar surface area (TPSA) is 185 Å². The highest BCUT2D eigenvalue weighted by atomic mass is 16.4. The predicted octanol–water partition coefficient (Wildman–Crippen LogP) is -1.06. The van der Waals surface area contributed by atoms with Gasteiger partial charge in [0.05, 0.1) is 12.5 Å². The second-order valence-electron chi connectivity index (χ2n) is 8.40. The largest absolute Gasteiger partial charge is 0.480 e. The molecule has 1 aliphatic heterocycles. The number of aliphatic carboxylic acids is 1. The van der Waals surface area contributed by atoms with E-state index in [0.29, 0.717) is 19.3 Å². The van der Waals surface area contributed by atoms with E-state index in [0.717, 1.165) is 0 Å². The molecule has 0 aromatic heterocycles. The molecular weight excluding hydrogens is 406 g/mol. The lowest BCUT2D eigenvalue weighted by Crippen LogP contribution is -2.58. The summed E-state index contributed by atoms with van der Waals surface area (Å²) in [6.45, 7) is 7.23. The molecule has 7 N–H and O–H groups in total. The van der Waals surface area contributed by atoms with Gasteiger partial charge in [0, 0.05) is 6.54 Å². The van der Waals surface area contributed by atoms with Crippen LogP contribution in [0.25, 0.3) is 0 Å². The average Bonchev–Trinajstić information content (AvgIpc) is 3.18. The van der Waals surface area contributed by atoms with Crippen LogP contribution in [0.2, 0.25) is 0 Å². The average molecular weight is 442 g/mol. The van der Waals surface area contributed by atoms with Crippen LogP contribution in [0, 0.1) is 11.8 Å². The van der Waals surface area contributed by atoms with Gasteiger partial charge in [-0.3, -0.25) is 19.2 Å². The fraction of sp³-hybridized carbons (Fsp3) is 0.750. The zero-order chi connectivity index (χ0) is 23.9. The summed E-state index contributed by atoms with van der Waals surface area (Å²) in [5.41, 5.74) is 11.2. The van der Waals surface area contributed by atoms with Gasteiger partial charge >= 0.3 is 5.97 Å². The Hall–Kier alpha value is -2.69. The fourth-order valence-corrected chi connectivity index (χ4v) is 3.45. The summed E-state index contributed by atoms with van der Waals surface area (Å²) in [6.07, 6.45) is 1.07. The highest BCUT2D eigenvalue weighted by Crippen LogP contribution is 2.20. The van der Waals surface area contributed by atoms with Gasteiger partial charge in [-0.2, -0.15) is 0 Å². The minimum absolute atomic E-state index is 0.140. The highest BCUT2D eigenvalue weighted by Gasteiger charge is 2.40. The highest BCUT2D eigenvalue weighted by molar-refractivity contribution is 5.96. The Labute approximate surface area is 182 Å². The lowest BCUT2D eigenvalue weighted by molar-refractivity contribution is -0.146. The van der Waals surface area contributed by atoms with E-state index in [2.05, 4.69) is 10.6 Å². The van der Waals surface area contributed by atoms with Crippen molar-refractivity contribution in [2.75, 3.05) is 6.54 Å². The predicted molar refractivity (Wildman–Crippen MR) is 112 cm³/mol. The van der Waals surface area contributed by atoms with Gasteiger partial charge in [0.25, 0.3) is 0 Å². The number of carbonyl (C=O) groups is 5. The van der Waals surface area contributed by atoms with Crippen molar-refractivity contribution in [1.82, 2.24) is 15.5 Å². The first kappa shape index (κ1) is 26.3. The first-order valence-electron chi connectivity index (χ1n) is 10.6. The fourth-order valence-electron chi connectivity index (χ4n) is 3.45. The van der Waals surface area contributed by atoms with E-state index in [4.69, 9.17) is 11.5 Å². The van der Waals surface area contributed by atoms with Gasteiger partial charge in [0.15, 0.2) is 0 Å². The Morgan fingerprint density at radius 2 is 1.74 bits per heavy atom. The van der Waals surface area contributed by atoms with E-state index < -0.39 is 60.2 Å². The van der Waals surface area contributed by atoms with Crippen molar-refractivity contribution in [3.8, 4) is 0 Å². The monoisotopic (exact) mass is 441 g/mol. The SMILES string of the molecule is CCC(C)C(N)C(=O)NC(CC(N)=O)C(=O)N1CCCC1C(=O)NC(C(=O)O)C(C)C. The molecule has 0 bridgehead atoms. The third kappa shape index (κ3) is 7.20. The van der Waals surface area contributed by atoms with E-state index in [-0.39, 0.29) is 18.4 Å². The minimum atomic E-state index is -1.26. The van der Waals surface area contributed by atoms with Crippen molar-refractivity contribution in [2.24, 2.45) is 23.3 Å². The van der Waals surface area contributed by atoms with Crippen LogP contribution >= 0.6 is 0 Å². The summed E-state index contributed by atoms with van der Waals surface area (Å²) >= 11 is 0. The summed E-state index contributed by atoms with van der Waals surface area (Å²) in [6, 6.07) is -4.12. The molecule has 11 heteroatoms. The number of nitrogens with zero attached hydrogens (tertiary/aromatic N) is 1. The van der Waals surface area contributed by atoms with Gasteiger partial charge in [-0.25, -0.2) is 4.79 Å². The standard InChI is InChI=1S/C20H35N5O6/c1-5-11(4)15(22)18(28)23-12(9-14(21)26)19(29)25-8-6-7-13(25)17(27)24-16(10(2)3)20(30)31/h10-13,15-16H,5-9,22H2,1-4H3,(H2,21,26)(H,23,28)(H,24,27)(H,30,31). The van der Waals surface area contributed by atoms with Gasteiger partial charge < -0.3 is 32.1 Å². The smallest absolute Gasteiger partial charge is 0.326 e. The van der Waals surface area contributed by atoms with Crippen LogP contribution in [0.4, 0.5) is 0 Å². The Balaban J connectivity index is 2.99. The molecule has 1 rings (SSSR count). The van der Waals surface area contributed by atoms with Crippen molar-refractivity contribution in [3.63, 3.8) is 0 Å². The van der Waals surface area contributed by atoms with Crippen molar-refractivity contribution < 1.29 is 29.1 Å². The molecule has 0 radical (unpaired) electrons. The lowest BCUT2D eigenvalue weighted by Gasteiger charge is -2.30. The normalized spacial score (nSPS) is 19.9. The zero-order valence-electron chi connectivity index (χ0n) is 18.6. The molecule has 0 spiro atoms. The maximum absolute atomic E-state index is 13.1. The van der Waals surface area contributed by atoms with Crippen LogP contribution in [0.3, 0.4) is 0 Å². The van der Waals surface area contributed by atoms with Gasteiger partial charge in [-0.05, 0) is 24.7 Å². The van der Waals surface area contributed by atoms with Crippen LogP contribution in [0.5, 0.6) is 0 Å². The number of nitrogens with two attached hydrogens (primary N) is 2. The Morgan fingerprint density at radius 1 is 1.13 bits per heavy atom. The Kier molecular flexibility index (Phi) is 9.89. The second-order valence-corrected chi connectivity index (χ2v) is 8.40. The number of rotatable bonds is 11. The third-order valence-electron chi connectivity index (χ3n) is 5.65. The molecule has 1 saturated heterocycles. The first-order chi connectivity index (χ1) is 14.4. The van der Waals surface area contributed by atoms with Crippen LogP contribution in [0.1, 0.15) is 53.4 Å². The molecule has 5 unspecified atom stereocenters. The number of hydrogen-bond acceptors (Lipinski definition) is 6. The van der Waals surface area contributed by atoms with Gasteiger partial charge in [-0.15, -0.1) is 0 Å². The lowest BCUT2D eigenvalue weighted by atomic mass is 9.98. The van der Waals surface area contributed by atoms with Crippen LogP contribution in [-0.2, 0) is 24.0 Å². The van der Waals surface area contributed by atoms with Gasteiger partial charge in [-0.1, -0.05) is 34.1 Å². The van der Waals surface area contributed by atoms with E-state index in [1.165, 1.54) is 4.90 Å². The maximum atomic E-state index is 13.1. The Morgan fingerprint density at radius 3 is 2.23 bits per heavy atom. The summed E-state index contributed by atoms with van der Waals surface area (Å²) < 4.78 is 0. The van der Waals surface area contributed by atoms with Crippen molar-refractivity contribution in [3.05, 3.63) is 0 Å². The van der Waals surface area contributed by atoms with Crippen LogP contribution in [0.15, 0.2) is 0 Å². The molecule has 4 amide bonds. The van der Waals surface area contributed by atoms with Crippen molar-refractivity contribution in [2.45, 2.75) is 77.5 Å². The zero-order valence-corrected chi connectivity index (χ0v) is 18.6. The van der Waals surface area contributed by atoms with Crippen molar-refractivity contribution in [1.29, 1.82) is 0 Å². The number of hydrogen-bond donors (Lipinski definition) is 5. The molecule has 0 aromatic rings. The molecule has 11 nitrogen and oxygen atoms in total.